The van der Waals surface area contributed by atoms with Crippen molar-refractivity contribution in [3.05, 3.63) is 65.5 Å². The number of imidazole rings is 1. The van der Waals surface area contributed by atoms with E-state index in [9.17, 15) is 18.0 Å². The van der Waals surface area contributed by atoms with E-state index >= 15 is 0 Å². The van der Waals surface area contributed by atoms with Crippen molar-refractivity contribution in [3.63, 3.8) is 0 Å². The summed E-state index contributed by atoms with van der Waals surface area (Å²) in [5.74, 6) is -0.116. The molecule has 0 saturated carbocycles. The van der Waals surface area contributed by atoms with Crippen LogP contribution in [0, 0.1) is 0 Å². The second kappa shape index (κ2) is 10.6. The molecule has 10 heteroatoms. The molecule has 2 saturated heterocycles. The zero-order chi connectivity index (χ0) is 25.1. The van der Waals surface area contributed by atoms with Gasteiger partial charge in [0.05, 0.1) is 36.3 Å². The lowest BCUT2D eigenvalue weighted by Crippen LogP contribution is -2.45. The topological polar surface area (TPSA) is 79.5 Å². The first kappa shape index (κ1) is 24.7. The maximum Gasteiger partial charge on any atom is 0.418 e. The molecule has 0 bridgehead atoms. The van der Waals surface area contributed by atoms with Crippen LogP contribution < -0.4 is 5.32 Å². The van der Waals surface area contributed by atoms with E-state index in [2.05, 4.69) is 20.2 Å². The van der Waals surface area contributed by atoms with Crippen LogP contribution >= 0.6 is 0 Å². The molecule has 2 unspecified atom stereocenters. The number of hydrogen-bond acceptors (Lipinski definition) is 5. The van der Waals surface area contributed by atoms with Crippen LogP contribution in [0.2, 0.25) is 0 Å². The van der Waals surface area contributed by atoms with Crippen LogP contribution in [0.1, 0.15) is 29.8 Å². The number of fused-ring (bicyclic) bond motifs is 1. The normalized spacial score (nSPS) is 21.8. The van der Waals surface area contributed by atoms with E-state index in [4.69, 9.17) is 9.47 Å². The second-order valence-corrected chi connectivity index (χ2v) is 9.37. The molecule has 2 aliphatic rings. The van der Waals surface area contributed by atoms with Crippen LogP contribution in [0.4, 0.5) is 13.2 Å². The molecule has 3 heterocycles. The minimum Gasteiger partial charge on any atom is -0.381 e. The molecule has 3 aromatic rings. The number of aromatic nitrogens is 2. The number of ether oxygens (including phenoxy) is 2. The van der Waals surface area contributed by atoms with Crippen LogP contribution in [-0.2, 0) is 33.5 Å². The number of nitrogens with one attached hydrogen (secondary N) is 2. The van der Waals surface area contributed by atoms with Crippen LogP contribution in [0.3, 0.4) is 0 Å². The fourth-order valence-corrected chi connectivity index (χ4v) is 5.04. The molecule has 5 rings (SSSR count). The zero-order valence-electron chi connectivity index (χ0n) is 19.8. The monoisotopic (exact) mass is 502 g/mol. The number of rotatable bonds is 7. The Kier molecular flexibility index (Phi) is 7.27. The third-order valence-electron chi connectivity index (χ3n) is 6.85. The molecule has 36 heavy (non-hydrogen) atoms. The molecular weight excluding hydrogens is 473 g/mol. The van der Waals surface area contributed by atoms with E-state index in [0.717, 1.165) is 37.7 Å². The van der Waals surface area contributed by atoms with E-state index in [-0.39, 0.29) is 41.3 Å². The van der Waals surface area contributed by atoms with Crippen LogP contribution in [0.25, 0.3) is 11.0 Å². The number of carbonyl (C=O) groups is 1. The standard InChI is InChI=1S/C26H29F3N4O3/c27-26(28,29)19-7-4-8-20-25(19)32-23(30-20)13-24(34)31-21-14-33(18-9-11-35-12-10-18)15-22(21)36-16-17-5-2-1-3-6-17/h1-8,18,21-22H,9-16H2,(H,30,32)(H,31,34). The maximum absolute atomic E-state index is 13.3. The Morgan fingerprint density at radius 1 is 1.11 bits per heavy atom. The van der Waals surface area contributed by atoms with E-state index in [0.29, 0.717) is 25.7 Å². The summed E-state index contributed by atoms with van der Waals surface area (Å²) in [4.78, 5) is 22.2. The number of amides is 1. The zero-order valence-corrected chi connectivity index (χ0v) is 19.8. The first-order valence-corrected chi connectivity index (χ1v) is 12.2. The van der Waals surface area contributed by atoms with E-state index in [1.807, 2.05) is 30.3 Å². The third kappa shape index (κ3) is 5.71. The van der Waals surface area contributed by atoms with Gasteiger partial charge in [0.1, 0.15) is 11.3 Å². The van der Waals surface area contributed by atoms with Gasteiger partial charge >= 0.3 is 6.18 Å². The van der Waals surface area contributed by atoms with Gasteiger partial charge in [0.2, 0.25) is 5.91 Å². The average molecular weight is 503 g/mol. The minimum absolute atomic E-state index is 0.148. The fourth-order valence-electron chi connectivity index (χ4n) is 5.04. The van der Waals surface area contributed by atoms with Gasteiger partial charge in [0, 0.05) is 32.3 Å². The summed E-state index contributed by atoms with van der Waals surface area (Å²) in [6, 6.07) is 13.8. The molecule has 0 radical (unpaired) electrons. The average Bonchev–Trinajstić information content (AvgIpc) is 3.46. The lowest BCUT2D eigenvalue weighted by Gasteiger charge is -2.30. The molecule has 0 aliphatic carbocycles. The molecule has 2 N–H and O–H groups in total. The predicted molar refractivity (Wildman–Crippen MR) is 127 cm³/mol. The third-order valence-corrected chi connectivity index (χ3v) is 6.85. The van der Waals surface area contributed by atoms with Crippen molar-refractivity contribution in [1.82, 2.24) is 20.2 Å². The van der Waals surface area contributed by atoms with Gasteiger partial charge in [-0.3, -0.25) is 9.69 Å². The molecule has 2 atom stereocenters. The Labute approximate surface area is 207 Å². The number of H-pyrrole nitrogens is 1. The first-order valence-electron chi connectivity index (χ1n) is 12.2. The van der Waals surface area contributed by atoms with Gasteiger partial charge in [-0.05, 0) is 30.5 Å². The summed E-state index contributed by atoms with van der Waals surface area (Å²) in [5, 5.41) is 3.05. The molecule has 2 aromatic carbocycles. The summed E-state index contributed by atoms with van der Waals surface area (Å²) in [5.41, 5.74) is 0.307. The number of likely N-dealkylation sites (tertiary alicyclic amines) is 1. The van der Waals surface area contributed by atoms with Gasteiger partial charge in [0.25, 0.3) is 0 Å². The van der Waals surface area contributed by atoms with Gasteiger partial charge in [-0.2, -0.15) is 13.2 Å². The predicted octanol–water partition coefficient (Wildman–Crippen LogP) is 3.69. The van der Waals surface area contributed by atoms with Crippen LogP contribution in [0.15, 0.2) is 48.5 Å². The Bertz CT molecular complexity index is 1180. The largest absolute Gasteiger partial charge is 0.418 e. The number of para-hydroxylation sites is 1. The van der Waals surface area contributed by atoms with Crippen molar-refractivity contribution in [3.8, 4) is 0 Å². The van der Waals surface area contributed by atoms with Crippen LogP contribution in [-0.4, -0.2) is 65.3 Å². The van der Waals surface area contributed by atoms with Gasteiger partial charge in [0.15, 0.2) is 0 Å². The lowest BCUT2D eigenvalue weighted by molar-refractivity contribution is -0.136. The lowest BCUT2D eigenvalue weighted by atomic mass is 10.1. The molecule has 7 nitrogen and oxygen atoms in total. The highest BCUT2D eigenvalue weighted by atomic mass is 19.4. The summed E-state index contributed by atoms with van der Waals surface area (Å²) >= 11 is 0. The minimum atomic E-state index is -4.52. The molecular formula is C26H29F3N4O3. The van der Waals surface area contributed by atoms with E-state index < -0.39 is 11.7 Å². The number of halogens is 3. The number of aromatic amines is 1. The molecule has 2 aliphatic heterocycles. The fraction of sp³-hybridized carbons (Fsp3) is 0.462. The van der Waals surface area contributed by atoms with E-state index in [1.165, 1.54) is 12.1 Å². The van der Waals surface area contributed by atoms with Crippen molar-refractivity contribution >= 4 is 16.9 Å². The second-order valence-electron chi connectivity index (χ2n) is 9.37. The van der Waals surface area contributed by atoms with Crippen molar-refractivity contribution in [1.29, 1.82) is 0 Å². The van der Waals surface area contributed by atoms with Crippen LogP contribution in [0.5, 0.6) is 0 Å². The molecule has 0 spiro atoms. The number of carbonyl (C=O) groups excluding carboxylic acids is 1. The van der Waals surface area contributed by atoms with Crippen molar-refractivity contribution in [2.24, 2.45) is 0 Å². The van der Waals surface area contributed by atoms with Crippen molar-refractivity contribution in [2.75, 3.05) is 26.3 Å². The summed E-state index contributed by atoms with van der Waals surface area (Å²) in [7, 11) is 0. The number of benzene rings is 2. The van der Waals surface area contributed by atoms with E-state index in [1.54, 1.807) is 0 Å². The quantitative estimate of drug-likeness (QED) is 0.515. The first-order chi connectivity index (χ1) is 17.4. The maximum atomic E-state index is 13.3. The summed E-state index contributed by atoms with van der Waals surface area (Å²) in [6.45, 7) is 3.22. The summed E-state index contributed by atoms with van der Waals surface area (Å²) in [6.07, 6.45) is -3.00. The highest BCUT2D eigenvalue weighted by molar-refractivity contribution is 5.82. The molecule has 1 aromatic heterocycles. The van der Waals surface area contributed by atoms with Gasteiger partial charge < -0.3 is 19.8 Å². The highest BCUT2D eigenvalue weighted by Crippen LogP contribution is 2.33. The molecule has 2 fully saturated rings. The molecule has 1 amide bonds. The Balaban J connectivity index is 1.27. The Morgan fingerprint density at radius 3 is 2.64 bits per heavy atom. The number of hydrogen-bond donors (Lipinski definition) is 2. The smallest absolute Gasteiger partial charge is 0.381 e. The van der Waals surface area contributed by atoms with Gasteiger partial charge in [-0.1, -0.05) is 36.4 Å². The highest BCUT2D eigenvalue weighted by Gasteiger charge is 2.38. The SMILES string of the molecule is O=C(Cc1nc2c(C(F)(F)F)cccc2[nH]1)NC1CN(C2CCOCC2)CC1OCc1ccccc1. The van der Waals surface area contributed by atoms with Crippen molar-refractivity contribution < 1.29 is 27.4 Å². The number of nitrogens with zero attached hydrogens (tertiary/aromatic N) is 2. The summed E-state index contributed by atoms with van der Waals surface area (Å²) < 4.78 is 51.7. The van der Waals surface area contributed by atoms with Crippen molar-refractivity contribution in [2.45, 2.75) is 50.2 Å². The Hall–Kier alpha value is -2.95. The number of alkyl halides is 3. The van der Waals surface area contributed by atoms with Gasteiger partial charge in [-0.15, -0.1) is 0 Å². The van der Waals surface area contributed by atoms with Gasteiger partial charge in [-0.25, -0.2) is 4.98 Å². The Morgan fingerprint density at radius 2 is 1.89 bits per heavy atom. The molecule has 192 valence electrons.